The molecule has 0 atom stereocenters. The van der Waals surface area contributed by atoms with Gasteiger partial charge in [-0.25, -0.2) is 9.97 Å². The van der Waals surface area contributed by atoms with Gasteiger partial charge >= 0.3 is 0 Å². The van der Waals surface area contributed by atoms with E-state index in [-0.39, 0.29) is 0 Å². The van der Waals surface area contributed by atoms with Crippen LogP contribution in [0.15, 0.2) is 16.9 Å². The molecule has 2 heterocycles. The maximum atomic E-state index is 5.43. The lowest BCUT2D eigenvalue weighted by atomic mass is 10.4. The van der Waals surface area contributed by atoms with Crippen LogP contribution in [0.2, 0.25) is 0 Å². The van der Waals surface area contributed by atoms with Crippen LogP contribution in [0.5, 0.6) is 5.88 Å². The Morgan fingerprint density at radius 1 is 1.37 bits per heavy atom. The molecule has 7 heteroatoms. The standard InChI is InChI=1S/C12H17N5O2/c1-3-6-18-12-7-10(14-8-15-12)13-5-4-11-16-9(2)17-19-11/h7-8H,3-6H2,1-2H3,(H,13,14,15). The van der Waals surface area contributed by atoms with E-state index in [9.17, 15) is 0 Å². The van der Waals surface area contributed by atoms with Crippen molar-refractivity contribution in [2.45, 2.75) is 26.7 Å². The van der Waals surface area contributed by atoms with Gasteiger partial charge in [0.05, 0.1) is 6.61 Å². The van der Waals surface area contributed by atoms with Crippen LogP contribution in [0.3, 0.4) is 0 Å². The minimum Gasteiger partial charge on any atom is -0.478 e. The van der Waals surface area contributed by atoms with Crippen LogP contribution in [0, 0.1) is 6.92 Å². The van der Waals surface area contributed by atoms with E-state index in [4.69, 9.17) is 9.26 Å². The molecule has 7 nitrogen and oxygen atoms in total. The smallest absolute Gasteiger partial charge is 0.228 e. The van der Waals surface area contributed by atoms with Gasteiger partial charge in [0.15, 0.2) is 5.82 Å². The summed E-state index contributed by atoms with van der Waals surface area (Å²) in [5.74, 6) is 2.55. The van der Waals surface area contributed by atoms with Crippen LogP contribution >= 0.6 is 0 Å². The highest BCUT2D eigenvalue weighted by Gasteiger charge is 2.03. The van der Waals surface area contributed by atoms with Gasteiger partial charge in [0.25, 0.3) is 0 Å². The number of hydrogen-bond acceptors (Lipinski definition) is 7. The number of aromatic nitrogens is 4. The molecule has 1 N–H and O–H groups in total. The van der Waals surface area contributed by atoms with E-state index in [1.165, 1.54) is 6.33 Å². The molecule has 0 aliphatic rings. The van der Waals surface area contributed by atoms with Gasteiger partial charge < -0.3 is 14.6 Å². The molecular weight excluding hydrogens is 246 g/mol. The maximum Gasteiger partial charge on any atom is 0.228 e. The second kappa shape index (κ2) is 6.67. The molecule has 0 bridgehead atoms. The fraction of sp³-hybridized carbons (Fsp3) is 0.500. The Bertz CT molecular complexity index is 514. The third kappa shape index (κ3) is 4.20. The zero-order valence-corrected chi connectivity index (χ0v) is 11.1. The molecule has 0 radical (unpaired) electrons. The molecule has 0 amide bonds. The number of anilines is 1. The van der Waals surface area contributed by atoms with Crippen molar-refractivity contribution in [3.05, 3.63) is 24.1 Å². The predicted octanol–water partition coefficient (Wildman–Crippen LogP) is 1.61. The first-order chi connectivity index (χ1) is 9.28. The Morgan fingerprint density at radius 3 is 3.00 bits per heavy atom. The van der Waals surface area contributed by atoms with E-state index >= 15 is 0 Å². The van der Waals surface area contributed by atoms with Gasteiger partial charge in [-0.1, -0.05) is 12.1 Å². The van der Waals surface area contributed by atoms with Gasteiger partial charge in [-0.2, -0.15) is 4.98 Å². The van der Waals surface area contributed by atoms with Gasteiger partial charge in [-0.15, -0.1) is 0 Å². The molecule has 19 heavy (non-hydrogen) atoms. The summed E-state index contributed by atoms with van der Waals surface area (Å²) in [6.07, 6.45) is 3.07. The summed E-state index contributed by atoms with van der Waals surface area (Å²) in [4.78, 5) is 12.3. The molecule has 2 aromatic heterocycles. The summed E-state index contributed by atoms with van der Waals surface area (Å²) in [5.41, 5.74) is 0. The molecule has 0 aliphatic carbocycles. The normalized spacial score (nSPS) is 10.4. The highest BCUT2D eigenvalue weighted by Crippen LogP contribution is 2.11. The molecule has 0 fully saturated rings. The molecule has 2 aromatic rings. The van der Waals surface area contributed by atoms with Crippen LogP contribution in [0.4, 0.5) is 5.82 Å². The molecule has 102 valence electrons. The Labute approximate surface area is 111 Å². The molecule has 0 spiro atoms. The predicted molar refractivity (Wildman–Crippen MR) is 69.0 cm³/mol. The van der Waals surface area contributed by atoms with Crippen LogP contribution in [0.1, 0.15) is 25.1 Å². The van der Waals surface area contributed by atoms with E-state index in [2.05, 4.69) is 25.4 Å². The first-order valence-corrected chi connectivity index (χ1v) is 6.26. The molecule has 0 saturated carbocycles. The Kier molecular flexibility index (Phi) is 4.66. The third-order valence-electron chi connectivity index (χ3n) is 2.31. The molecule has 0 unspecified atom stereocenters. The third-order valence-corrected chi connectivity index (χ3v) is 2.31. The Balaban J connectivity index is 1.82. The van der Waals surface area contributed by atoms with Gasteiger partial charge in [-0.05, 0) is 13.3 Å². The second-order valence-corrected chi connectivity index (χ2v) is 4.00. The molecular formula is C12H17N5O2. The molecule has 2 rings (SSSR count). The first-order valence-electron chi connectivity index (χ1n) is 6.26. The summed E-state index contributed by atoms with van der Waals surface area (Å²) >= 11 is 0. The summed E-state index contributed by atoms with van der Waals surface area (Å²) < 4.78 is 10.5. The van der Waals surface area contributed by atoms with Crippen LogP contribution in [-0.2, 0) is 6.42 Å². The van der Waals surface area contributed by atoms with Gasteiger partial charge in [0.1, 0.15) is 12.1 Å². The number of ether oxygens (including phenoxy) is 1. The number of nitrogens with one attached hydrogen (secondary N) is 1. The van der Waals surface area contributed by atoms with E-state index in [0.29, 0.717) is 37.2 Å². The summed E-state index contributed by atoms with van der Waals surface area (Å²) in [6, 6.07) is 1.77. The van der Waals surface area contributed by atoms with Crippen molar-refractivity contribution in [3.63, 3.8) is 0 Å². The number of rotatable bonds is 7. The van der Waals surface area contributed by atoms with Crippen molar-refractivity contribution in [2.75, 3.05) is 18.5 Å². The zero-order valence-electron chi connectivity index (χ0n) is 11.1. The maximum absolute atomic E-state index is 5.43. The summed E-state index contributed by atoms with van der Waals surface area (Å²) in [5, 5.41) is 6.89. The quantitative estimate of drug-likeness (QED) is 0.812. The average Bonchev–Trinajstić information content (AvgIpc) is 2.83. The second-order valence-electron chi connectivity index (χ2n) is 4.00. The highest BCUT2D eigenvalue weighted by molar-refractivity contribution is 5.36. The van der Waals surface area contributed by atoms with Crippen molar-refractivity contribution in [2.24, 2.45) is 0 Å². The fourth-order valence-corrected chi connectivity index (χ4v) is 1.46. The number of hydrogen-bond donors (Lipinski definition) is 1. The van der Waals surface area contributed by atoms with Crippen molar-refractivity contribution >= 4 is 5.82 Å². The van der Waals surface area contributed by atoms with E-state index < -0.39 is 0 Å². The largest absolute Gasteiger partial charge is 0.478 e. The lowest BCUT2D eigenvalue weighted by molar-refractivity contribution is 0.305. The topological polar surface area (TPSA) is 86.0 Å². The average molecular weight is 263 g/mol. The Hall–Kier alpha value is -2.18. The highest BCUT2D eigenvalue weighted by atomic mass is 16.5. The monoisotopic (exact) mass is 263 g/mol. The van der Waals surface area contributed by atoms with Crippen LogP contribution in [-0.4, -0.2) is 33.3 Å². The Morgan fingerprint density at radius 2 is 2.26 bits per heavy atom. The van der Waals surface area contributed by atoms with Crippen LogP contribution in [0.25, 0.3) is 0 Å². The molecule has 0 aliphatic heterocycles. The minimum absolute atomic E-state index is 0.577. The SMILES string of the molecule is CCCOc1cc(NCCc2nc(C)no2)ncn1. The van der Waals surface area contributed by atoms with Crippen molar-refractivity contribution in [1.29, 1.82) is 0 Å². The first kappa shape index (κ1) is 13.3. The van der Waals surface area contributed by atoms with Crippen molar-refractivity contribution in [1.82, 2.24) is 20.1 Å². The summed E-state index contributed by atoms with van der Waals surface area (Å²) in [6.45, 7) is 5.15. The minimum atomic E-state index is 0.577. The zero-order chi connectivity index (χ0) is 13.5. The molecule has 0 saturated heterocycles. The van der Waals surface area contributed by atoms with Crippen molar-refractivity contribution < 1.29 is 9.26 Å². The van der Waals surface area contributed by atoms with Crippen molar-refractivity contribution in [3.8, 4) is 5.88 Å². The van der Waals surface area contributed by atoms with E-state index in [1.807, 2.05) is 6.92 Å². The van der Waals surface area contributed by atoms with E-state index in [0.717, 1.165) is 12.2 Å². The molecule has 0 aromatic carbocycles. The van der Waals surface area contributed by atoms with Gasteiger partial charge in [0.2, 0.25) is 11.8 Å². The van der Waals surface area contributed by atoms with Crippen LogP contribution < -0.4 is 10.1 Å². The lowest BCUT2D eigenvalue weighted by Gasteiger charge is -2.06. The lowest BCUT2D eigenvalue weighted by Crippen LogP contribution is -2.07. The van der Waals surface area contributed by atoms with Gasteiger partial charge in [-0.3, -0.25) is 0 Å². The fourth-order valence-electron chi connectivity index (χ4n) is 1.46. The van der Waals surface area contributed by atoms with Gasteiger partial charge in [0, 0.05) is 19.0 Å². The number of aryl methyl sites for hydroxylation is 1. The summed E-state index contributed by atoms with van der Waals surface area (Å²) in [7, 11) is 0. The number of nitrogens with zero attached hydrogens (tertiary/aromatic N) is 4. The van der Waals surface area contributed by atoms with E-state index in [1.54, 1.807) is 13.0 Å².